The van der Waals surface area contributed by atoms with Crippen LogP contribution in [-0.4, -0.2) is 29.9 Å². The van der Waals surface area contributed by atoms with Crippen LogP contribution in [0.5, 0.6) is 0 Å². The minimum absolute atomic E-state index is 0.114. The first kappa shape index (κ1) is 16.4. The van der Waals surface area contributed by atoms with Crippen LogP contribution in [0.1, 0.15) is 38.7 Å². The third kappa shape index (κ3) is 5.36. The number of thioether (sulfide) groups is 1. The van der Waals surface area contributed by atoms with E-state index in [9.17, 15) is 4.79 Å². The average Bonchev–Trinajstić information content (AvgIpc) is 3.29. The molecule has 0 aromatic heterocycles. The number of ether oxygens (including phenoxy) is 1. The van der Waals surface area contributed by atoms with E-state index >= 15 is 0 Å². The van der Waals surface area contributed by atoms with E-state index in [1.807, 2.05) is 31.7 Å². The Labute approximate surface area is 131 Å². The van der Waals surface area contributed by atoms with E-state index in [2.05, 4.69) is 29.6 Å². The summed E-state index contributed by atoms with van der Waals surface area (Å²) in [6.45, 7) is 4.28. The Kier molecular flexibility index (Phi) is 6.12. The fourth-order valence-corrected chi connectivity index (χ4v) is 3.37. The lowest BCUT2D eigenvalue weighted by molar-refractivity contribution is -0.150. The smallest absolute Gasteiger partial charge is 0.326 e. The summed E-state index contributed by atoms with van der Waals surface area (Å²) >= 11 is 1.87. The molecule has 1 aliphatic rings. The molecule has 1 aromatic rings. The summed E-state index contributed by atoms with van der Waals surface area (Å²) in [5.74, 6) is 1.82. The van der Waals surface area contributed by atoms with Crippen molar-refractivity contribution >= 4 is 17.7 Å². The summed E-state index contributed by atoms with van der Waals surface area (Å²) in [5.41, 5.74) is 0.788. The van der Waals surface area contributed by atoms with Gasteiger partial charge >= 0.3 is 5.97 Å². The lowest BCUT2D eigenvalue weighted by atomic mass is 9.99. The Morgan fingerprint density at radius 3 is 2.71 bits per heavy atom. The van der Waals surface area contributed by atoms with Gasteiger partial charge in [0.2, 0.25) is 0 Å². The number of benzene rings is 1. The van der Waals surface area contributed by atoms with Crippen LogP contribution in [0.25, 0.3) is 0 Å². The molecule has 1 fully saturated rings. The minimum Gasteiger partial charge on any atom is -0.465 e. The van der Waals surface area contributed by atoms with Crippen LogP contribution in [0.3, 0.4) is 0 Å². The minimum atomic E-state index is -0.541. The highest BCUT2D eigenvalue weighted by Crippen LogP contribution is 2.26. The first-order valence-electron chi connectivity index (χ1n) is 7.70. The zero-order valence-electron chi connectivity index (χ0n) is 12.9. The fourth-order valence-electron chi connectivity index (χ4n) is 2.24. The van der Waals surface area contributed by atoms with Crippen LogP contribution < -0.4 is 5.32 Å². The molecule has 0 bridgehead atoms. The van der Waals surface area contributed by atoms with E-state index in [1.54, 1.807) is 0 Å². The molecule has 0 radical (unpaired) electrons. The zero-order chi connectivity index (χ0) is 15.1. The maximum absolute atomic E-state index is 12.2. The second kappa shape index (κ2) is 7.85. The van der Waals surface area contributed by atoms with Gasteiger partial charge in [0.15, 0.2) is 0 Å². The van der Waals surface area contributed by atoms with Gasteiger partial charge in [0, 0.05) is 11.8 Å². The molecule has 2 rings (SSSR count). The number of esters is 1. The van der Waals surface area contributed by atoms with Gasteiger partial charge in [-0.3, -0.25) is 10.1 Å². The van der Waals surface area contributed by atoms with E-state index in [4.69, 9.17) is 4.74 Å². The number of hydrogen-bond acceptors (Lipinski definition) is 4. The zero-order valence-corrected chi connectivity index (χ0v) is 13.7. The van der Waals surface area contributed by atoms with Crippen molar-refractivity contribution in [3.63, 3.8) is 0 Å². The molecule has 21 heavy (non-hydrogen) atoms. The Morgan fingerprint density at radius 1 is 1.38 bits per heavy atom. The third-order valence-corrected chi connectivity index (χ3v) is 4.71. The molecular weight excluding hydrogens is 282 g/mol. The monoisotopic (exact) mass is 307 g/mol. The third-order valence-electron chi connectivity index (χ3n) is 3.68. The number of nitrogens with one attached hydrogen (secondary N) is 1. The van der Waals surface area contributed by atoms with Crippen molar-refractivity contribution in [2.75, 3.05) is 12.4 Å². The second-order valence-electron chi connectivity index (χ2n) is 5.76. The Hall–Kier alpha value is -1.00. The van der Waals surface area contributed by atoms with E-state index in [0.717, 1.165) is 17.9 Å². The van der Waals surface area contributed by atoms with E-state index in [1.165, 1.54) is 18.4 Å². The van der Waals surface area contributed by atoms with Crippen molar-refractivity contribution in [1.29, 1.82) is 0 Å². The normalized spacial score (nSPS) is 17.2. The van der Waals surface area contributed by atoms with Gasteiger partial charge in [-0.05, 0) is 44.4 Å². The van der Waals surface area contributed by atoms with Gasteiger partial charge in [0.05, 0.1) is 6.61 Å². The van der Waals surface area contributed by atoms with Crippen molar-refractivity contribution < 1.29 is 9.53 Å². The quantitative estimate of drug-likeness (QED) is 0.561. The molecule has 0 amide bonds. The van der Waals surface area contributed by atoms with Crippen LogP contribution in [0, 0.1) is 0 Å². The fraction of sp³-hybridized carbons (Fsp3) is 0.588. The molecule has 1 aliphatic carbocycles. The topological polar surface area (TPSA) is 38.3 Å². The summed E-state index contributed by atoms with van der Waals surface area (Å²) in [6.07, 6.45) is 3.15. The summed E-state index contributed by atoms with van der Waals surface area (Å²) in [6, 6.07) is 10.9. The molecule has 1 N–H and O–H groups in total. The lowest BCUT2D eigenvalue weighted by Crippen LogP contribution is -2.52. The summed E-state index contributed by atoms with van der Waals surface area (Å²) in [5, 5.41) is 3.46. The number of carbonyl (C=O) groups excluding carboxylic acids is 1. The summed E-state index contributed by atoms with van der Waals surface area (Å²) < 4.78 is 5.24. The Morgan fingerprint density at radius 2 is 2.10 bits per heavy atom. The molecule has 1 atom stereocenters. The second-order valence-corrected chi connectivity index (χ2v) is 6.86. The predicted molar refractivity (Wildman–Crippen MR) is 88.4 cm³/mol. The molecule has 0 heterocycles. The van der Waals surface area contributed by atoms with Gasteiger partial charge in [-0.25, -0.2) is 0 Å². The molecule has 1 unspecified atom stereocenters. The van der Waals surface area contributed by atoms with Gasteiger partial charge < -0.3 is 4.74 Å². The maximum Gasteiger partial charge on any atom is 0.326 e. The van der Waals surface area contributed by atoms with E-state index in [0.29, 0.717) is 12.6 Å². The lowest BCUT2D eigenvalue weighted by Gasteiger charge is -2.28. The van der Waals surface area contributed by atoms with Crippen LogP contribution in [0.2, 0.25) is 0 Å². The molecule has 0 aliphatic heterocycles. The number of rotatable bonds is 9. The number of carbonyl (C=O) groups is 1. The first-order valence-corrected chi connectivity index (χ1v) is 8.86. The molecule has 1 aromatic carbocycles. The highest BCUT2D eigenvalue weighted by molar-refractivity contribution is 7.98. The Balaban J connectivity index is 1.79. The van der Waals surface area contributed by atoms with E-state index in [-0.39, 0.29) is 5.97 Å². The molecule has 116 valence electrons. The molecule has 1 saturated carbocycles. The predicted octanol–water partition coefficient (Wildman–Crippen LogP) is 3.38. The van der Waals surface area contributed by atoms with Crippen molar-refractivity contribution in [2.24, 2.45) is 0 Å². The summed E-state index contributed by atoms with van der Waals surface area (Å²) in [4.78, 5) is 12.2. The van der Waals surface area contributed by atoms with Crippen LogP contribution in [0.4, 0.5) is 0 Å². The molecule has 0 spiro atoms. The first-order chi connectivity index (χ1) is 10.1. The van der Waals surface area contributed by atoms with Crippen molar-refractivity contribution in [3.05, 3.63) is 35.9 Å². The van der Waals surface area contributed by atoms with Crippen molar-refractivity contribution in [3.8, 4) is 0 Å². The highest BCUT2D eigenvalue weighted by Gasteiger charge is 2.39. The van der Waals surface area contributed by atoms with Crippen molar-refractivity contribution in [1.82, 2.24) is 5.32 Å². The van der Waals surface area contributed by atoms with Gasteiger partial charge in [-0.2, -0.15) is 11.8 Å². The molecular formula is C17H25NO2S. The van der Waals surface area contributed by atoms with E-state index < -0.39 is 5.54 Å². The Bertz CT molecular complexity index is 447. The van der Waals surface area contributed by atoms with Gasteiger partial charge in [0.25, 0.3) is 0 Å². The highest BCUT2D eigenvalue weighted by atomic mass is 32.2. The molecule has 4 heteroatoms. The SMILES string of the molecule is CCOC(=O)C(C)(CCSCc1ccccc1)NC1CC1. The maximum atomic E-state index is 12.2. The standard InChI is InChI=1S/C17H25NO2S/c1-3-20-16(19)17(2,18-15-9-10-15)11-12-21-13-14-7-5-4-6-8-14/h4-8,15,18H,3,9-13H2,1-2H3. The molecule has 0 saturated heterocycles. The number of hydrogen-bond donors (Lipinski definition) is 1. The van der Waals surface area contributed by atoms with Gasteiger partial charge in [-0.15, -0.1) is 0 Å². The molecule has 3 nitrogen and oxygen atoms in total. The van der Waals surface area contributed by atoms with Crippen LogP contribution >= 0.6 is 11.8 Å². The van der Waals surface area contributed by atoms with Crippen molar-refractivity contribution in [2.45, 2.75) is 50.4 Å². The largest absolute Gasteiger partial charge is 0.465 e. The van der Waals surface area contributed by atoms with Crippen LogP contribution in [-0.2, 0) is 15.3 Å². The average molecular weight is 307 g/mol. The van der Waals surface area contributed by atoms with Crippen LogP contribution in [0.15, 0.2) is 30.3 Å². The van der Waals surface area contributed by atoms with Gasteiger partial charge in [0.1, 0.15) is 5.54 Å². The van der Waals surface area contributed by atoms with Gasteiger partial charge in [-0.1, -0.05) is 30.3 Å². The summed E-state index contributed by atoms with van der Waals surface area (Å²) in [7, 11) is 0.